The molecule has 1 unspecified atom stereocenters. The Balaban J connectivity index is 0.00000162. The van der Waals surface area contributed by atoms with Crippen molar-refractivity contribution in [1.29, 1.82) is 0 Å². The molecule has 1 aliphatic heterocycles. The monoisotopic (exact) mass is 296 g/mol. The van der Waals surface area contributed by atoms with Crippen molar-refractivity contribution >= 4 is 28.2 Å². The van der Waals surface area contributed by atoms with E-state index in [4.69, 9.17) is 5.73 Å². The van der Waals surface area contributed by atoms with Crippen LogP contribution in [0.3, 0.4) is 0 Å². The van der Waals surface area contributed by atoms with E-state index in [-0.39, 0.29) is 41.3 Å². The lowest BCUT2D eigenvalue weighted by Gasteiger charge is -2.29. The highest BCUT2D eigenvalue weighted by Gasteiger charge is 2.39. The number of sulfone groups is 1. The summed E-state index contributed by atoms with van der Waals surface area (Å²) in [6.07, 6.45) is 4.44. The minimum Gasteiger partial charge on any atom is -0.349 e. The van der Waals surface area contributed by atoms with Crippen LogP contribution in [0.1, 0.15) is 32.1 Å². The van der Waals surface area contributed by atoms with Gasteiger partial charge in [0.1, 0.15) is 0 Å². The number of rotatable bonds is 3. The van der Waals surface area contributed by atoms with Crippen molar-refractivity contribution in [2.75, 3.05) is 18.1 Å². The molecule has 18 heavy (non-hydrogen) atoms. The Labute approximate surface area is 114 Å². The summed E-state index contributed by atoms with van der Waals surface area (Å²) >= 11 is 0. The summed E-state index contributed by atoms with van der Waals surface area (Å²) in [5.41, 5.74) is 5.46. The molecule has 0 bridgehead atoms. The third-order valence-electron chi connectivity index (χ3n) is 3.94. The van der Waals surface area contributed by atoms with Crippen molar-refractivity contribution in [1.82, 2.24) is 5.32 Å². The fourth-order valence-corrected chi connectivity index (χ4v) is 4.54. The van der Waals surface area contributed by atoms with E-state index < -0.39 is 9.84 Å². The van der Waals surface area contributed by atoms with Gasteiger partial charge in [0.05, 0.1) is 23.0 Å². The van der Waals surface area contributed by atoms with Crippen LogP contribution >= 0.6 is 12.4 Å². The van der Waals surface area contributed by atoms with E-state index in [0.717, 1.165) is 25.7 Å². The first kappa shape index (κ1) is 15.7. The molecule has 106 valence electrons. The zero-order valence-corrected chi connectivity index (χ0v) is 12.0. The van der Waals surface area contributed by atoms with Gasteiger partial charge in [0.15, 0.2) is 9.84 Å². The van der Waals surface area contributed by atoms with Gasteiger partial charge in [-0.25, -0.2) is 8.42 Å². The van der Waals surface area contributed by atoms with Crippen molar-refractivity contribution in [3.63, 3.8) is 0 Å². The molecule has 1 amide bonds. The van der Waals surface area contributed by atoms with Gasteiger partial charge in [0.25, 0.3) is 0 Å². The number of halogens is 1. The molecule has 0 aromatic heterocycles. The first-order chi connectivity index (χ1) is 7.96. The van der Waals surface area contributed by atoms with Gasteiger partial charge in [0.2, 0.25) is 5.91 Å². The number of nitrogens with one attached hydrogen (secondary N) is 1. The van der Waals surface area contributed by atoms with Gasteiger partial charge in [0, 0.05) is 6.54 Å². The van der Waals surface area contributed by atoms with E-state index in [1.807, 2.05) is 0 Å². The van der Waals surface area contributed by atoms with Crippen LogP contribution in [0.2, 0.25) is 0 Å². The molecule has 0 aromatic carbocycles. The van der Waals surface area contributed by atoms with E-state index in [1.165, 1.54) is 0 Å². The number of amides is 1. The van der Waals surface area contributed by atoms with Crippen LogP contribution in [-0.4, -0.2) is 37.9 Å². The zero-order chi connectivity index (χ0) is 12.5. The second-order valence-corrected chi connectivity index (χ2v) is 7.51. The van der Waals surface area contributed by atoms with Gasteiger partial charge in [-0.3, -0.25) is 4.79 Å². The first-order valence-electron chi connectivity index (χ1n) is 6.19. The third-order valence-corrected chi connectivity index (χ3v) is 5.71. The number of carbonyl (C=O) groups excluding carboxylic acids is 1. The Morgan fingerprint density at radius 3 is 2.39 bits per heavy atom. The fourth-order valence-electron chi connectivity index (χ4n) is 2.80. The van der Waals surface area contributed by atoms with Crippen molar-refractivity contribution in [3.8, 4) is 0 Å². The molecular formula is C11H21ClN2O3S. The molecule has 0 radical (unpaired) electrons. The lowest BCUT2D eigenvalue weighted by atomic mass is 9.96. The maximum Gasteiger partial charge on any atom is 0.224 e. The number of carbonyl (C=O) groups is 1. The largest absolute Gasteiger partial charge is 0.349 e. The van der Waals surface area contributed by atoms with Crippen LogP contribution in [-0.2, 0) is 14.6 Å². The van der Waals surface area contributed by atoms with E-state index in [2.05, 4.69) is 5.32 Å². The maximum absolute atomic E-state index is 12.0. The number of nitrogens with two attached hydrogens (primary N) is 1. The van der Waals surface area contributed by atoms with Crippen LogP contribution in [0, 0.1) is 5.92 Å². The highest BCUT2D eigenvalue weighted by Crippen LogP contribution is 2.29. The molecule has 0 spiro atoms. The van der Waals surface area contributed by atoms with E-state index >= 15 is 0 Å². The molecule has 1 heterocycles. The zero-order valence-electron chi connectivity index (χ0n) is 10.4. The molecular weight excluding hydrogens is 276 g/mol. The summed E-state index contributed by atoms with van der Waals surface area (Å²) in [7, 11) is -2.99. The molecule has 1 saturated heterocycles. The molecule has 0 aromatic rings. The topological polar surface area (TPSA) is 89.3 Å². The molecule has 7 heteroatoms. The van der Waals surface area contributed by atoms with Gasteiger partial charge in [-0.05, 0) is 19.3 Å². The van der Waals surface area contributed by atoms with E-state index in [0.29, 0.717) is 13.0 Å². The third kappa shape index (κ3) is 3.36. The SMILES string of the molecule is Cl.NCC1(NC(=O)C2CCS(=O)(=O)C2)CCCC1. The average Bonchev–Trinajstić information content (AvgIpc) is 2.86. The summed E-state index contributed by atoms with van der Waals surface area (Å²) < 4.78 is 22.7. The predicted octanol–water partition coefficient (Wildman–Crippen LogP) is 0.231. The molecule has 2 fully saturated rings. The standard InChI is InChI=1S/C11H20N2O3S.ClH/c12-8-11(4-1-2-5-11)13-10(14)9-3-6-17(15,16)7-9;/h9H,1-8,12H2,(H,13,14);1H. The van der Waals surface area contributed by atoms with Crippen molar-refractivity contribution in [2.24, 2.45) is 11.7 Å². The Kier molecular flexibility index (Phi) is 5.03. The lowest BCUT2D eigenvalue weighted by molar-refractivity contribution is -0.126. The Morgan fingerprint density at radius 2 is 1.94 bits per heavy atom. The van der Waals surface area contributed by atoms with Gasteiger partial charge >= 0.3 is 0 Å². The second-order valence-electron chi connectivity index (χ2n) is 5.28. The minimum atomic E-state index is -2.99. The summed E-state index contributed by atoms with van der Waals surface area (Å²) in [4.78, 5) is 12.0. The van der Waals surface area contributed by atoms with Gasteiger partial charge in [-0.1, -0.05) is 12.8 Å². The molecule has 1 saturated carbocycles. The smallest absolute Gasteiger partial charge is 0.224 e. The summed E-state index contributed by atoms with van der Waals surface area (Å²) in [6, 6.07) is 0. The molecule has 3 N–H and O–H groups in total. The maximum atomic E-state index is 12.0. The van der Waals surface area contributed by atoms with Crippen LogP contribution in [0.25, 0.3) is 0 Å². The van der Waals surface area contributed by atoms with Gasteiger partial charge in [-0.2, -0.15) is 0 Å². The fraction of sp³-hybridized carbons (Fsp3) is 0.909. The average molecular weight is 297 g/mol. The van der Waals surface area contributed by atoms with Gasteiger partial charge < -0.3 is 11.1 Å². The molecule has 1 atom stereocenters. The Morgan fingerprint density at radius 1 is 1.33 bits per heavy atom. The van der Waals surface area contributed by atoms with Crippen molar-refractivity contribution < 1.29 is 13.2 Å². The molecule has 5 nitrogen and oxygen atoms in total. The van der Waals surface area contributed by atoms with Crippen LogP contribution in [0.15, 0.2) is 0 Å². The number of hydrogen-bond acceptors (Lipinski definition) is 4. The van der Waals surface area contributed by atoms with Crippen LogP contribution < -0.4 is 11.1 Å². The van der Waals surface area contributed by atoms with Crippen molar-refractivity contribution in [3.05, 3.63) is 0 Å². The number of hydrogen-bond donors (Lipinski definition) is 2. The molecule has 2 aliphatic rings. The minimum absolute atomic E-state index is 0. The Bertz CT molecular complexity index is 405. The Hall–Kier alpha value is -0.330. The van der Waals surface area contributed by atoms with E-state index in [1.54, 1.807) is 0 Å². The molecule has 1 aliphatic carbocycles. The van der Waals surface area contributed by atoms with E-state index in [9.17, 15) is 13.2 Å². The first-order valence-corrected chi connectivity index (χ1v) is 8.01. The van der Waals surface area contributed by atoms with Crippen molar-refractivity contribution in [2.45, 2.75) is 37.6 Å². The lowest BCUT2D eigenvalue weighted by Crippen LogP contribution is -2.53. The highest BCUT2D eigenvalue weighted by molar-refractivity contribution is 7.91. The summed E-state index contributed by atoms with van der Waals surface area (Å²) in [6.45, 7) is 0.443. The highest BCUT2D eigenvalue weighted by atomic mass is 35.5. The van der Waals surface area contributed by atoms with Crippen LogP contribution in [0.4, 0.5) is 0 Å². The quantitative estimate of drug-likeness (QED) is 0.780. The van der Waals surface area contributed by atoms with Gasteiger partial charge in [-0.15, -0.1) is 12.4 Å². The summed E-state index contributed by atoms with van der Waals surface area (Å²) in [5.74, 6) is -0.359. The summed E-state index contributed by atoms with van der Waals surface area (Å²) in [5, 5.41) is 2.99. The second kappa shape index (κ2) is 5.75. The predicted molar refractivity (Wildman–Crippen MR) is 72.4 cm³/mol. The normalized spacial score (nSPS) is 28.6. The molecule has 2 rings (SSSR count). The van der Waals surface area contributed by atoms with Crippen LogP contribution in [0.5, 0.6) is 0 Å².